The van der Waals surface area contributed by atoms with E-state index in [0.29, 0.717) is 5.92 Å². The maximum absolute atomic E-state index is 12.0. The molecule has 0 saturated heterocycles. The van der Waals surface area contributed by atoms with Gasteiger partial charge in [-0.3, -0.25) is 5.10 Å². The molecular weight excluding hydrogens is 238 g/mol. The van der Waals surface area contributed by atoms with Crippen molar-refractivity contribution < 1.29 is 8.42 Å². The maximum Gasteiger partial charge on any atom is 0.243 e. The van der Waals surface area contributed by atoms with Crippen LogP contribution in [0.15, 0.2) is 17.3 Å². The normalized spacial score (nSPS) is 26.6. The fraction of sp³-hybridized carbons (Fsp3) is 0.727. The van der Waals surface area contributed by atoms with Gasteiger partial charge in [0.25, 0.3) is 0 Å². The highest BCUT2D eigenvalue weighted by Crippen LogP contribution is 2.24. The second-order valence-electron chi connectivity index (χ2n) is 4.78. The van der Waals surface area contributed by atoms with E-state index in [0.717, 1.165) is 19.3 Å². The lowest BCUT2D eigenvalue weighted by molar-refractivity contribution is 0.399. The van der Waals surface area contributed by atoms with Gasteiger partial charge in [0, 0.05) is 12.2 Å². The lowest BCUT2D eigenvalue weighted by Crippen LogP contribution is -2.38. The van der Waals surface area contributed by atoms with Gasteiger partial charge in [-0.2, -0.15) is 5.10 Å². The summed E-state index contributed by atoms with van der Waals surface area (Å²) in [5.41, 5.74) is 0. The number of nitrogens with zero attached hydrogens (tertiary/aromatic N) is 1. The Morgan fingerprint density at radius 1 is 1.35 bits per heavy atom. The summed E-state index contributed by atoms with van der Waals surface area (Å²) in [6.45, 7) is 2.12. The highest BCUT2D eigenvalue weighted by atomic mass is 32.2. The number of hydrogen-bond donors (Lipinski definition) is 2. The van der Waals surface area contributed by atoms with Crippen LogP contribution in [0.1, 0.15) is 39.0 Å². The molecule has 2 atom stereocenters. The number of rotatable bonds is 3. The van der Waals surface area contributed by atoms with E-state index >= 15 is 0 Å². The molecule has 1 heterocycles. The van der Waals surface area contributed by atoms with E-state index in [4.69, 9.17) is 0 Å². The van der Waals surface area contributed by atoms with Gasteiger partial charge in [-0.25, -0.2) is 13.1 Å². The minimum atomic E-state index is -3.41. The molecule has 2 rings (SSSR count). The van der Waals surface area contributed by atoms with Crippen LogP contribution in [0.25, 0.3) is 0 Å². The van der Waals surface area contributed by atoms with Crippen LogP contribution in [0, 0.1) is 5.92 Å². The lowest BCUT2D eigenvalue weighted by atomic mass is 9.98. The summed E-state index contributed by atoms with van der Waals surface area (Å²) in [5.74, 6) is 0.402. The molecular formula is C11H19N3O2S. The van der Waals surface area contributed by atoms with Crippen molar-refractivity contribution in [3.05, 3.63) is 12.4 Å². The van der Waals surface area contributed by atoms with Gasteiger partial charge in [-0.1, -0.05) is 26.2 Å². The summed E-state index contributed by atoms with van der Waals surface area (Å²) in [5, 5.41) is 6.20. The third kappa shape index (κ3) is 3.07. The van der Waals surface area contributed by atoms with Crippen molar-refractivity contribution in [2.24, 2.45) is 5.92 Å². The smallest absolute Gasteiger partial charge is 0.243 e. The highest BCUT2D eigenvalue weighted by Gasteiger charge is 2.26. The van der Waals surface area contributed by atoms with E-state index in [2.05, 4.69) is 21.8 Å². The van der Waals surface area contributed by atoms with Crippen molar-refractivity contribution in [2.45, 2.75) is 50.0 Å². The summed E-state index contributed by atoms with van der Waals surface area (Å²) in [6, 6.07) is 0.0531. The number of aromatic amines is 1. The number of sulfonamides is 1. The molecule has 96 valence electrons. The lowest BCUT2D eigenvalue weighted by Gasteiger charge is -2.22. The van der Waals surface area contributed by atoms with Gasteiger partial charge >= 0.3 is 0 Å². The highest BCUT2D eigenvalue weighted by molar-refractivity contribution is 7.89. The molecule has 5 nitrogen and oxygen atoms in total. The van der Waals surface area contributed by atoms with Gasteiger partial charge in [0.15, 0.2) is 0 Å². The number of nitrogens with one attached hydrogen (secondary N) is 2. The van der Waals surface area contributed by atoms with Gasteiger partial charge in [0.05, 0.1) is 6.20 Å². The van der Waals surface area contributed by atoms with Crippen LogP contribution < -0.4 is 4.72 Å². The second-order valence-corrected chi connectivity index (χ2v) is 6.49. The second kappa shape index (κ2) is 5.18. The van der Waals surface area contributed by atoms with Gasteiger partial charge < -0.3 is 0 Å². The molecule has 0 amide bonds. The third-order valence-corrected chi connectivity index (χ3v) is 4.91. The monoisotopic (exact) mass is 257 g/mol. The van der Waals surface area contributed by atoms with Crippen molar-refractivity contribution >= 4 is 10.0 Å². The van der Waals surface area contributed by atoms with Crippen LogP contribution in [-0.4, -0.2) is 24.7 Å². The van der Waals surface area contributed by atoms with Crippen LogP contribution in [0.5, 0.6) is 0 Å². The zero-order valence-corrected chi connectivity index (χ0v) is 10.8. The molecule has 0 bridgehead atoms. The maximum atomic E-state index is 12.0. The molecule has 0 aliphatic heterocycles. The van der Waals surface area contributed by atoms with E-state index in [1.807, 2.05) is 0 Å². The van der Waals surface area contributed by atoms with Crippen molar-refractivity contribution in [1.29, 1.82) is 0 Å². The van der Waals surface area contributed by atoms with Crippen LogP contribution in [-0.2, 0) is 10.0 Å². The molecule has 1 aliphatic carbocycles. The molecule has 1 saturated carbocycles. The van der Waals surface area contributed by atoms with E-state index in [1.165, 1.54) is 25.2 Å². The zero-order valence-electron chi connectivity index (χ0n) is 10.0. The fourth-order valence-electron chi connectivity index (χ4n) is 2.32. The molecule has 0 aromatic carbocycles. The van der Waals surface area contributed by atoms with Crippen molar-refractivity contribution in [3.63, 3.8) is 0 Å². The molecule has 1 aromatic heterocycles. The molecule has 1 aromatic rings. The molecule has 6 heteroatoms. The van der Waals surface area contributed by atoms with Crippen molar-refractivity contribution in [1.82, 2.24) is 14.9 Å². The minimum absolute atomic E-state index is 0.0531. The van der Waals surface area contributed by atoms with E-state index in [9.17, 15) is 8.42 Å². The fourth-order valence-corrected chi connectivity index (χ4v) is 3.61. The number of H-pyrrole nitrogens is 1. The summed E-state index contributed by atoms with van der Waals surface area (Å²) in [6.07, 6.45) is 8.27. The minimum Gasteiger partial charge on any atom is -0.284 e. The Balaban J connectivity index is 2.09. The SMILES string of the molecule is CC1CCCCCC1NS(=O)(=O)c1cn[nH]c1. The van der Waals surface area contributed by atoms with Gasteiger partial charge in [-0.05, 0) is 18.8 Å². The molecule has 1 fully saturated rings. The first kappa shape index (κ1) is 12.6. The number of aromatic nitrogens is 2. The van der Waals surface area contributed by atoms with Crippen LogP contribution in [0.4, 0.5) is 0 Å². The van der Waals surface area contributed by atoms with E-state index < -0.39 is 10.0 Å². The van der Waals surface area contributed by atoms with Gasteiger partial charge in [-0.15, -0.1) is 0 Å². The van der Waals surface area contributed by atoms with Crippen LogP contribution in [0.3, 0.4) is 0 Å². The Morgan fingerprint density at radius 2 is 2.12 bits per heavy atom. The summed E-state index contributed by atoms with van der Waals surface area (Å²) < 4.78 is 26.9. The Kier molecular flexibility index (Phi) is 3.83. The van der Waals surface area contributed by atoms with Crippen molar-refractivity contribution in [2.75, 3.05) is 0 Å². The first-order chi connectivity index (χ1) is 8.09. The number of hydrogen-bond acceptors (Lipinski definition) is 3. The molecule has 1 aliphatic rings. The predicted molar refractivity (Wildman–Crippen MR) is 64.9 cm³/mol. The van der Waals surface area contributed by atoms with Gasteiger partial charge in [0.1, 0.15) is 4.90 Å². The molecule has 0 radical (unpaired) electrons. The summed E-state index contributed by atoms with van der Waals surface area (Å²) >= 11 is 0. The Bertz CT molecular complexity index is 441. The first-order valence-corrected chi connectivity index (χ1v) is 7.59. The topological polar surface area (TPSA) is 74.8 Å². The average molecular weight is 257 g/mol. The first-order valence-electron chi connectivity index (χ1n) is 6.11. The quantitative estimate of drug-likeness (QED) is 0.809. The van der Waals surface area contributed by atoms with Crippen LogP contribution >= 0.6 is 0 Å². The standard InChI is InChI=1S/C11H19N3O2S/c1-9-5-3-2-4-6-11(9)14-17(15,16)10-7-12-13-8-10/h7-9,11,14H,2-6H2,1H3,(H,12,13). The van der Waals surface area contributed by atoms with Crippen molar-refractivity contribution in [3.8, 4) is 0 Å². The Hall–Kier alpha value is -0.880. The summed E-state index contributed by atoms with van der Waals surface area (Å²) in [4.78, 5) is 0.217. The van der Waals surface area contributed by atoms with Crippen LogP contribution in [0.2, 0.25) is 0 Å². The molecule has 17 heavy (non-hydrogen) atoms. The zero-order chi connectivity index (χ0) is 12.3. The molecule has 2 unspecified atom stereocenters. The Labute approximate surface area is 102 Å². The Morgan fingerprint density at radius 3 is 2.82 bits per heavy atom. The predicted octanol–water partition coefficient (Wildman–Crippen LogP) is 1.66. The summed E-state index contributed by atoms with van der Waals surface area (Å²) in [7, 11) is -3.41. The molecule has 2 N–H and O–H groups in total. The average Bonchev–Trinajstić information content (AvgIpc) is 2.74. The van der Waals surface area contributed by atoms with E-state index in [-0.39, 0.29) is 10.9 Å². The molecule has 0 spiro atoms. The van der Waals surface area contributed by atoms with Gasteiger partial charge in [0.2, 0.25) is 10.0 Å². The largest absolute Gasteiger partial charge is 0.284 e. The van der Waals surface area contributed by atoms with E-state index in [1.54, 1.807) is 0 Å². The third-order valence-electron chi connectivity index (χ3n) is 3.45.